The van der Waals surface area contributed by atoms with Crippen LogP contribution in [-0.4, -0.2) is 44.2 Å². The van der Waals surface area contributed by atoms with Gasteiger partial charge < -0.3 is 10.6 Å². The van der Waals surface area contributed by atoms with E-state index in [1.165, 1.54) is 23.4 Å². The smallest absolute Gasteiger partial charge is 0.243 e. The Morgan fingerprint density at radius 2 is 1.89 bits per heavy atom. The van der Waals surface area contributed by atoms with Gasteiger partial charge in [-0.1, -0.05) is 13.8 Å². The highest BCUT2D eigenvalue weighted by atomic mass is 32.2. The molecular weight excluding hydrogens is 366 g/mol. The van der Waals surface area contributed by atoms with E-state index in [9.17, 15) is 18.0 Å². The van der Waals surface area contributed by atoms with Gasteiger partial charge in [0.15, 0.2) is 0 Å². The molecule has 150 valence electrons. The Bertz CT molecular complexity index is 760. The standard InChI is InChI=1S/C19H29N3O4S/c1-14(2)10-11-20-19(24)16-5-4-12-22(13-16)27(25,26)18-8-6-17(7-9-18)21-15(3)23/h6-9,14,16H,4-5,10-13H2,1-3H3,(H,20,24)(H,21,23). The first kappa shape index (κ1) is 21.4. The zero-order valence-electron chi connectivity index (χ0n) is 16.2. The average Bonchev–Trinajstić information content (AvgIpc) is 2.61. The third-order valence-corrected chi connectivity index (χ3v) is 6.47. The number of anilines is 1. The van der Waals surface area contributed by atoms with Crippen LogP contribution in [0.2, 0.25) is 0 Å². The van der Waals surface area contributed by atoms with E-state index >= 15 is 0 Å². The van der Waals surface area contributed by atoms with Gasteiger partial charge in [-0.25, -0.2) is 8.42 Å². The van der Waals surface area contributed by atoms with Gasteiger partial charge in [-0.05, 0) is 49.4 Å². The van der Waals surface area contributed by atoms with Crippen molar-refractivity contribution in [1.82, 2.24) is 9.62 Å². The second-order valence-electron chi connectivity index (χ2n) is 7.38. The molecule has 2 N–H and O–H groups in total. The molecule has 1 aliphatic heterocycles. The first-order valence-electron chi connectivity index (χ1n) is 9.35. The zero-order valence-corrected chi connectivity index (χ0v) is 17.0. The van der Waals surface area contributed by atoms with E-state index in [-0.39, 0.29) is 29.2 Å². The topological polar surface area (TPSA) is 95.6 Å². The second-order valence-corrected chi connectivity index (χ2v) is 9.32. The predicted octanol–water partition coefficient (Wildman–Crippen LogP) is 2.21. The molecule has 0 radical (unpaired) electrons. The van der Waals surface area contributed by atoms with Crippen LogP contribution in [0.5, 0.6) is 0 Å². The summed E-state index contributed by atoms with van der Waals surface area (Å²) >= 11 is 0. The Morgan fingerprint density at radius 1 is 1.22 bits per heavy atom. The number of sulfonamides is 1. The quantitative estimate of drug-likeness (QED) is 0.740. The minimum Gasteiger partial charge on any atom is -0.356 e. The van der Waals surface area contributed by atoms with Crippen LogP contribution >= 0.6 is 0 Å². The lowest BCUT2D eigenvalue weighted by Gasteiger charge is -2.31. The van der Waals surface area contributed by atoms with E-state index in [0.717, 1.165) is 6.42 Å². The molecular formula is C19H29N3O4S. The summed E-state index contributed by atoms with van der Waals surface area (Å²) in [6, 6.07) is 6.09. The molecule has 1 unspecified atom stereocenters. The number of piperidine rings is 1. The fourth-order valence-electron chi connectivity index (χ4n) is 3.07. The van der Waals surface area contributed by atoms with Crippen molar-refractivity contribution in [3.63, 3.8) is 0 Å². The lowest BCUT2D eigenvalue weighted by Crippen LogP contribution is -2.45. The number of benzene rings is 1. The van der Waals surface area contributed by atoms with Gasteiger partial charge in [-0.2, -0.15) is 4.31 Å². The highest BCUT2D eigenvalue weighted by Gasteiger charge is 2.33. The number of rotatable bonds is 7. The lowest BCUT2D eigenvalue weighted by molar-refractivity contribution is -0.126. The Morgan fingerprint density at radius 3 is 2.48 bits per heavy atom. The molecule has 7 nitrogen and oxygen atoms in total. The molecule has 0 aliphatic carbocycles. The lowest BCUT2D eigenvalue weighted by atomic mass is 9.98. The van der Waals surface area contributed by atoms with Crippen molar-refractivity contribution in [3.8, 4) is 0 Å². The van der Waals surface area contributed by atoms with E-state index in [4.69, 9.17) is 0 Å². The molecule has 0 aromatic heterocycles. The Hall–Kier alpha value is -1.93. The maximum absolute atomic E-state index is 12.9. The van der Waals surface area contributed by atoms with Gasteiger partial charge in [0, 0.05) is 32.2 Å². The van der Waals surface area contributed by atoms with Gasteiger partial charge in [-0.15, -0.1) is 0 Å². The van der Waals surface area contributed by atoms with Crippen molar-refractivity contribution in [2.45, 2.75) is 44.9 Å². The number of amides is 2. The van der Waals surface area contributed by atoms with Gasteiger partial charge in [-0.3, -0.25) is 9.59 Å². The number of carbonyl (C=O) groups is 2. The second kappa shape index (κ2) is 9.32. The molecule has 1 saturated heterocycles. The molecule has 1 atom stereocenters. The number of nitrogens with one attached hydrogen (secondary N) is 2. The number of carbonyl (C=O) groups excluding carboxylic acids is 2. The Kier molecular flexibility index (Phi) is 7.38. The van der Waals surface area contributed by atoms with E-state index in [0.29, 0.717) is 37.5 Å². The normalized spacial score (nSPS) is 18.3. The van der Waals surface area contributed by atoms with Gasteiger partial charge in [0.2, 0.25) is 21.8 Å². The minimum absolute atomic E-state index is 0.0726. The van der Waals surface area contributed by atoms with Crippen molar-refractivity contribution in [2.24, 2.45) is 11.8 Å². The summed E-state index contributed by atoms with van der Waals surface area (Å²) in [5, 5.41) is 5.53. The SMILES string of the molecule is CC(=O)Nc1ccc(S(=O)(=O)N2CCCC(C(=O)NCCC(C)C)C2)cc1. The van der Waals surface area contributed by atoms with E-state index in [1.54, 1.807) is 12.1 Å². The summed E-state index contributed by atoms with van der Waals surface area (Å²) in [6.07, 6.45) is 2.26. The molecule has 0 spiro atoms. The van der Waals surface area contributed by atoms with Crippen LogP contribution in [0.3, 0.4) is 0 Å². The molecule has 1 fully saturated rings. The van der Waals surface area contributed by atoms with Crippen LogP contribution in [0.4, 0.5) is 5.69 Å². The van der Waals surface area contributed by atoms with Crippen LogP contribution in [0.15, 0.2) is 29.2 Å². The molecule has 1 aliphatic rings. The van der Waals surface area contributed by atoms with Crippen LogP contribution in [0.25, 0.3) is 0 Å². The maximum atomic E-state index is 12.9. The van der Waals surface area contributed by atoms with Gasteiger partial charge >= 0.3 is 0 Å². The largest absolute Gasteiger partial charge is 0.356 e. The Balaban J connectivity index is 2.03. The molecule has 0 bridgehead atoms. The van der Waals surface area contributed by atoms with E-state index < -0.39 is 10.0 Å². The number of nitrogens with zero attached hydrogens (tertiary/aromatic N) is 1. The van der Waals surface area contributed by atoms with Crippen molar-refractivity contribution >= 4 is 27.5 Å². The number of hydrogen-bond acceptors (Lipinski definition) is 4. The molecule has 1 aromatic rings. The molecule has 2 amide bonds. The van der Waals surface area contributed by atoms with Gasteiger partial charge in [0.25, 0.3) is 0 Å². The molecule has 8 heteroatoms. The van der Waals surface area contributed by atoms with Crippen molar-refractivity contribution in [1.29, 1.82) is 0 Å². The predicted molar refractivity (Wildman–Crippen MR) is 105 cm³/mol. The first-order chi connectivity index (χ1) is 12.7. The summed E-state index contributed by atoms with van der Waals surface area (Å²) in [5.41, 5.74) is 0.544. The fraction of sp³-hybridized carbons (Fsp3) is 0.579. The fourth-order valence-corrected chi connectivity index (χ4v) is 4.59. The minimum atomic E-state index is -3.67. The molecule has 2 rings (SSSR count). The van der Waals surface area contributed by atoms with Crippen molar-refractivity contribution < 1.29 is 18.0 Å². The summed E-state index contributed by atoms with van der Waals surface area (Å²) in [7, 11) is -3.67. The highest BCUT2D eigenvalue weighted by molar-refractivity contribution is 7.89. The van der Waals surface area contributed by atoms with Crippen LogP contribution < -0.4 is 10.6 Å². The summed E-state index contributed by atoms with van der Waals surface area (Å²) in [4.78, 5) is 23.6. The van der Waals surface area contributed by atoms with Crippen molar-refractivity contribution in [3.05, 3.63) is 24.3 Å². The van der Waals surface area contributed by atoms with Crippen LogP contribution in [-0.2, 0) is 19.6 Å². The summed E-state index contributed by atoms with van der Waals surface area (Å²) in [6.45, 7) is 6.81. The Labute approximate surface area is 161 Å². The van der Waals surface area contributed by atoms with Crippen LogP contribution in [0, 0.1) is 11.8 Å². The van der Waals surface area contributed by atoms with Crippen molar-refractivity contribution in [2.75, 3.05) is 25.0 Å². The molecule has 1 heterocycles. The summed E-state index contributed by atoms with van der Waals surface area (Å²) in [5.74, 6) is -0.0992. The zero-order chi connectivity index (χ0) is 20.0. The summed E-state index contributed by atoms with van der Waals surface area (Å²) < 4.78 is 27.2. The average molecular weight is 396 g/mol. The molecule has 27 heavy (non-hydrogen) atoms. The van der Waals surface area contributed by atoms with Crippen LogP contribution in [0.1, 0.15) is 40.0 Å². The van der Waals surface area contributed by atoms with E-state index in [1.807, 2.05) is 0 Å². The van der Waals surface area contributed by atoms with Gasteiger partial charge in [0.05, 0.1) is 10.8 Å². The maximum Gasteiger partial charge on any atom is 0.243 e. The molecule has 0 saturated carbocycles. The molecule has 1 aromatic carbocycles. The number of hydrogen-bond donors (Lipinski definition) is 2. The third-order valence-electron chi connectivity index (χ3n) is 4.59. The highest BCUT2D eigenvalue weighted by Crippen LogP contribution is 2.25. The first-order valence-corrected chi connectivity index (χ1v) is 10.8. The van der Waals surface area contributed by atoms with E-state index in [2.05, 4.69) is 24.5 Å². The third kappa shape index (κ3) is 6.04. The monoisotopic (exact) mass is 395 g/mol. The van der Waals surface area contributed by atoms with Gasteiger partial charge in [0.1, 0.15) is 0 Å².